The largest absolute Gasteiger partial charge is 0.423 e. The molecule has 0 aliphatic carbocycles. The maximum atomic E-state index is 13.0. The highest BCUT2D eigenvalue weighted by Crippen LogP contribution is 2.28. The molecule has 132 valence electrons. The fourth-order valence-corrected chi connectivity index (χ4v) is 4.91. The number of piperidine rings is 1. The van der Waals surface area contributed by atoms with Crippen LogP contribution in [0.2, 0.25) is 0 Å². The lowest BCUT2D eigenvalue weighted by molar-refractivity contribution is 0.227. The van der Waals surface area contributed by atoms with Crippen molar-refractivity contribution in [1.29, 1.82) is 0 Å². The zero-order valence-electron chi connectivity index (χ0n) is 13.3. The third kappa shape index (κ3) is 3.49. The van der Waals surface area contributed by atoms with E-state index in [4.69, 9.17) is 10.2 Å². The molecule has 1 aliphatic rings. The summed E-state index contributed by atoms with van der Waals surface area (Å²) >= 11 is 0. The standard InChI is InChI=1S/C16H20N2O4S.ClH/c1-11(17)14-4-2-3-9-18(14)23(20,21)13-6-7-15-12(10-13)5-8-16(19)22-15;/h5-8,10-11,14H,2-4,9,17H2,1H3;1H. The van der Waals surface area contributed by atoms with Crippen molar-refractivity contribution in [3.8, 4) is 0 Å². The number of hydrogen-bond acceptors (Lipinski definition) is 5. The van der Waals surface area contributed by atoms with Crippen LogP contribution >= 0.6 is 12.4 Å². The Bertz CT molecular complexity index is 879. The number of rotatable bonds is 3. The van der Waals surface area contributed by atoms with Crippen molar-refractivity contribution in [3.63, 3.8) is 0 Å². The van der Waals surface area contributed by atoms with E-state index in [1.165, 1.54) is 22.5 Å². The first-order chi connectivity index (χ1) is 10.9. The Labute approximate surface area is 147 Å². The highest BCUT2D eigenvalue weighted by atomic mass is 35.5. The molecule has 1 aromatic heterocycles. The second-order valence-corrected chi connectivity index (χ2v) is 7.88. The SMILES string of the molecule is CC(N)C1CCCCN1S(=O)(=O)c1ccc2oc(=O)ccc2c1.Cl. The number of nitrogens with zero attached hydrogens (tertiary/aromatic N) is 1. The van der Waals surface area contributed by atoms with Gasteiger partial charge in [-0.15, -0.1) is 12.4 Å². The number of nitrogens with two attached hydrogens (primary N) is 1. The molecule has 0 spiro atoms. The summed E-state index contributed by atoms with van der Waals surface area (Å²) in [6.07, 6.45) is 2.60. The molecular formula is C16H21ClN2O4S. The lowest BCUT2D eigenvalue weighted by atomic mass is 10.00. The van der Waals surface area contributed by atoms with E-state index in [9.17, 15) is 13.2 Å². The first-order valence-corrected chi connectivity index (χ1v) is 9.15. The molecule has 0 bridgehead atoms. The van der Waals surface area contributed by atoms with Gasteiger partial charge in [0.2, 0.25) is 10.0 Å². The van der Waals surface area contributed by atoms with Gasteiger partial charge in [-0.05, 0) is 44.0 Å². The molecule has 0 radical (unpaired) electrons. The van der Waals surface area contributed by atoms with Crippen molar-refractivity contribution in [2.45, 2.75) is 43.2 Å². The second-order valence-electron chi connectivity index (χ2n) is 5.99. The van der Waals surface area contributed by atoms with E-state index in [2.05, 4.69) is 0 Å². The summed E-state index contributed by atoms with van der Waals surface area (Å²) in [5, 5.41) is 0.583. The van der Waals surface area contributed by atoms with Gasteiger partial charge < -0.3 is 10.2 Å². The molecule has 2 aromatic rings. The molecule has 6 nitrogen and oxygen atoms in total. The number of benzene rings is 1. The molecule has 0 amide bonds. The van der Waals surface area contributed by atoms with Crippen molar-refractivity contribution < 1.29 is 12.8 Å². The summed E-state index contributed by atoms with van der Waals surface area (Å²) in [5.74, 6) is 0. The van der Waals surface area contributed by atoms with Crippen molar-refractivity contribution in [2.75, 3.05) is 6.54 Å². The van der Waals surface area contributed by atoms with Gasteiger partial charge in [0.15, 0.2) is 0 Å². The highest BCUT2D eigenvalue weighted by Gasteiger charge is 2.35. The Hall–Kier alpha value is -1.41. The van der Waals surface area contributed by atoms with E-state index in [0.717, 1.165) is 19.3 Å². The first kappa shape index (κ1) is 18.9. The molecule has 2 N–H and O–H groups in total. The average molecular weight is 373 g/mol. The van der Waals surface area contributed by atoms with Gasteiger partial charge in [0.05, 0.1) is 4.90 Å². The normalized spacial score (nSPS) is 20.5. The van der Waals surface area contributed by atoms with E-state index in [1.54, 1.807) is 12.1 Å². The highest BCUT2D eigenvalue weighted by molar-refractivity contribution is 7.89. The maximum Gasteiger partial charge on any atom is 0.336 e. The number of halogens is 1. The van der Waals surface area contributed by atoms with Crippen LogP contribution in [-0.4, -0.2) is 31.4 Å². The smallest absolute Gasteiger partial charge is 0.336 e. The molecule has 2 unspecified atom stereocenters. The Morgan fingerprint density at radius 3 is 2.71 bits per heavy atom. The zero-order valence-corrected chi connectivity index (χ0v) is 15.0. The Morgan fingerprint density at radius 1 is 1.25 bits per heavy atom. The minimum atomic E-state index is -3.62. The molecule has 0 saturated carbocycles. The quantitative estimate of drug-likeness (QED) is 0.833. The molecular weight excluding hydrogens is 352 g/mol. The molecule has 2 heterocycles. The molecule has 3 rings (SSSR count). The fourth-order valence-electron chi connectivity index (χ4n) is 3.10. The summed E-state index contributed by atoms with van der Waals surface area (Å²) in [6.45, 7) is 2.32. The second kappa shape index (κ2) is 7.23. The van der Waals surface area contributed by atoms with Crippen LogP contribution in [0.4, 0.5) is 0 Å². The summed E-state index contributed by atoms with van der Waals surface area (Å²) < 4.78 is 32.5. The van der Waals surface area contributed by atoms with Crippen molar-refractivity contribution in [1.82, 2.24) is 4.31 Å². The predicted molar refractivity (Wildman–Crippen MR) is 94.9 cm³/mol. The Kier molecular flexibility index (Phi) is 5.70. The maximum absolute atomic E-state index is 13.0. The molecule has 1 fully saturated rings. The summed E-state index contributed by atoms with van der Waals surface area (Å²) in [6, 6.07) is 6.99. The van der Waals surface area contributed by atoms with Crippen LogP contribution in [0.3, 0.4) is 0 Å². The molecule has 1 aliphatic heterocycles. The van der Waals surface area contributed by atoms with E-state index >= 15 is 0 Å². The third-order valence-corrected chi connectivity index (χ3v) is 6.22. The number of sulfonamides is 1. The van der Waals surface area contributed by atoms with Gasteiger partial charge in [0.25, 0.3) is 0 Å². The zero-order chi connectivity index (χ0) is 16.6. The molecule has 24 heavy (non-hydrogen) atoms. The van der Waals surface area contributed by atoms with Gasteiger partial charge in [-0.1, -0.05) is 6.42 Å². The van der Waals surface area contributed by atoms with Crippen LogP contribution in [-0.2, 0) is 10.0 Å². The van der Waals surface area contributed by atoms with Crippen LogP contribution in [0, 0.1) is 0 Å². The van der Waals surface area contributed by atoms with Crippen LogP contribution in [0.15, 0.2) is 44.4 Å². The number of hydrogen-bond donors (Lipinski definition) is 1. The first-order valence-electron chi connectivity index (χ1n) is 7.71. The van der Waals surface area contributed by atoms with Crippen LogP contribution in [0.1, 0.15) is 26.2 Å². The van der Waals surface area contributed by atoms with Crippen molar-refractivity contribution >= 4 is 33.4 Å². The lowest BCUT2D eigenvalue weighted by Gasteiger charge is -2.36. The average Bonchev–Trinajstić information content (AvgIpc) is 2.54. The molecule has 8 heteroatoms. The predicted octanol–water partition coefficient (Wildman–Crippen LogP) is 2.11. The van der Waals surface area contributed by atoms with E-state index in [1.807, 2.05) is 6.92 Å². The van der Waals surface area contributed by atoms with Crippen LogP contribution in [0.25, 0.3) is 11.0 Å². The van der Waals surface area contributed by atoms with Gasteiger partial charge in [-0.25, -0.2) is 13.2 Å². The monoisotopic (exact) mass is 372 g/mol. The van der Waals surface area contributed by atoms with E-state index in [0.29, 0.717) is 17.5 Å². The number of fused-ring (bicyclic) bond motifs is 1. The Morgan fingerprint density at radius 2 is 2.00 bits per heavy atom. The van der Waals surface area contributed by atoms with Crippen molar-refractivity contribution in [3.05, 3.63) is 40.8 Å². The van der Waals surface area contributed by atoms with Gasteiger partial charge in [0.1, 0.15) is 5.58 Å². The van der Waals surface area contributed by atoms with Gasteiger partial charge >= 0.3 is 5.63 Å². The van der Waals surface area contributed by atoms with Crippen LogP contribution in [0.5, 0.6) is 0 Å². The minimum Gasteiger partial charge on any atom is -0.423 e. The van der Waals surface area contributed by atoms with Gasteiger partial charge in [0, 0.05) is 30.1 Å². The van der Waals surface area contributed by atoms with Crippen molar-refractivity contribution in [2.24, 2.45) is 5.73 Å². The minimum absolute atomic E-state index is 0. The summed E-state index contributed by atoms with van der Waals surface area (Å²) in [4.78, 5) is 11.4. The molecule has 1 saturated heterocycles. The Balaban J connectivity index is 0.00000208. The van der Waals surface area contributed by atoms with E-state index < -0.39 is 15.6 Å². The fraction of sp³-hybridized carbons (Fsp3) is 0.438. The molecule has 1 aromatic carbocycles. The summed E-state index contributed by atoms with van der Waals surface area (Å²) in [5.41, 5.74) is 5.90. The van der Waals surface area contributed by atoms with Gasteiger partial charge in [-0.3, -0.25) is 0 Å². The van der Waals surface area contributed by atoms with Crippen LogP contribution < -0.4 is 11.4 Å². The lowest BCUT2D eigenvalue weighted by Crippen LogP contribution is -2.51. The topological polar surface area (TPSA) is 93.6 Å². The van der Waals surface area contributed by atoms with Gasteiger partial charge in [-0.2, -0.15) is 4.31 Å². The molecule has 2 atom stereocenters. The third-order valence-electron chi connectivity index (χ3n) is 4.30. The summed E-state index contributed by atoms with van der Waals surface area (Å²) in [7, 11) is -3.62. The van der Waals surface area contributed by atoms with E-state index in [-0.39, 0.29) is 29.4 Å².